The fraction of sp³-hybridized carbons (Fsp3) is 0.100. The Labute approximate surface area is 106 Å². The van der Waals surface area contributed by atoms with Gasteiger partial charge >= 0.3 is 0 Å². The van der Waals surface area contributed by atoms with E-state index >= 15 is 0 Å². The van der Waals surface area contributed by atoms with Crippen molar-refractivity contribution in [3.05, 3.63) is 38.6 Å². The van der Waals surface area contributed by atoms with E-state index in [1.54, 1.807) is 0 Å². The highest BCUT2D eigenvalue weighted by Crippen LogP contribution is 2.22. The van der Waals surface area contributed by atoms with E-state index in [2.05, 4.69) is 27.7 Å². The topological polar surface area (TPSA) is 43.8 Å². The molecule has 15 heavy (non-hydrogen) atoms. The van der Waals surface area contributed by atoms with Gasteiger partial charge in [0.05, 0.1) is 5.69 Å². The monoisotopic (exact) mass is 333 g/mol. The second kappa shape index (κ2) is 4.02. The summed E-state index contributed by atoms with van der Waals surface area (Å²) in [5, 5.41) is 4.94. The van der Waals surface area contributed by atoms with Crippen molar-refractivity contribution in [3.63, 3.8) is 0 Å². The first kappa shape index (κ1) is 10.8. The summed E-state index contributed by atoms with van der Waals surface area (Å²) >= 11 is 8.12. The number of halogens is 2. The minimum Gasteiger partial charge on any atom is -0.382 e. The van der Waals surface area contributed by atoms with Gasteiger partial charge in [-0.15, -0.1) is 0 Å². The predicted molar refractivity (Wildman–Crippen MR) is 70.4 cm³/mol. The molecule has 0 aliphatic carbocycles. The van der Waals surface area contributed by atoms with Gasteiger partial charge in [0.1, 0.15) is 5.82 Å². The smallest absolute Gasteiger partial charge is 0.146 e. The molecule has 78 valence electrons. The number of hydrogen-bond donors (Lipinski definition) is 1. The van der Waals surface area contributed by atoms with E-state index in [0.29, 0.717) is 5.82 Å². The van der Waals surface area contributed by atoms with Crippen LogP contribution in [0.15, 0.2) is 24.3 Å². The maximum absolute atomic E-state index is 5.89. The highest BCUT2D eigenvalue weighted by atomic mass is 127. The van der Waals surface area contributed by atoms with Crippen molar-refractivity contribution < 1.29 is 0 Å². The third kappa shape index (κ3) is 2.10. The molecule has 0 spiro atoms. The molecule has 5 heteroatoms. The molecule has 0 amide bonds. The SMILES string of the molecule is Cc1cc(N)nn1-c1ccc(Cl)cc1I. The Kier molecular flexibility index (Phi) is 2.88. The Balaban J connectivity index is 2.59. The molecule has 1 aromatic heterocycles. The summed E-state index contributed by atoms with van der Waals surface area (Å²) in [5.41, 5.74) is 7.64. The summed E-state index contributed by atoms with van der Waals surface area (Å²) < 4.78 is 2.86. The number of nitrogens with two attached hydrogens (primary N) is 1. The molecule has 0 aliphatic rings. The van der Waals surface area contributed by atoms with Crippen LogP contribution in [0.3, 0.4) is 0 Å². The van der Waals surface area contributed by atoms with Crippen molar-refractivity contribution in [2.75, 3.05) is 5.73 Å². The molecule has 0 unspecified atom stereocenters. The van der Waals surface area contributed by atoms with Gasteiger partial charge in [-0.2, -0.15) is 5.10 Å². The van der Waals surface area contributed by atoms with Crippen LogP contribution in [0, 0.1) is 10.5 Å². The molecular formula is C10H9ClIN3. The number of rotatable bonds is 1. The van der Waals surface area contributed by atoms with Crippen LogP contribution in [0.2, 0.25) is 5.02 Å². The molecule has 0 aliphatic heterocycles. The largest absolute Gasteiger partial charge is 0.382 e. The second-order valence-electron chi connectivity index (χ2n) is 3.22. The van der Waals surface area contributed by atoms with Crippen LogP contribution < -0.4 is 5.73 Å². The Bertz CT molecular complexity index is 507. The number of aromatic nitrogens is 2. The number of nitrogen functional groups attached to an aromatic ring is 1. The molecule has 0 fully saturated rings. The zero-order valence-electron chi connectivity index (χ0n) is 8.04. The Hall–Kier alpha value is -0.750. The van der Waals surface area contributed by atoms with Gasteiger partial charge in [0.25, 0.3) is 0 Å². The number of anilines is 1. The maximum Gasteiger partial charge on any atom is 0.146 e. The van der Waals surface area contributed by atoms with Gasteiger partial charge in [0.15, 0.2) is 0 Å². The van der Waals surface area contributed by atoms with Crippen molar-refractivity contribution in [2.45, 2.75) is 6.92 Å². The summed E-state index contributed by atoms with van der Waals surface area (Å²) in [5.74, 6) is 0.526. The highest BCUT2D eigenvalue weighted by Gasteiger charge is 2.07. The zero-order valence-corrected chi connectivity index (χ0v) is 11.0. The molecule has 2 aromatic rings. The lowest BCUT2D eigenvalue weighted by atomic mass is 10.3. The summed E-state index contributed by atoms with van der Waals surface area (Å²) in [6.45, 7) is 1.97. The molecule has 0 atom stereocenters. The highest BCUT2D eigenvalue weighted by molar-refractivity contribution is 14.1. The summed E-state index contributed by atoms with van der Waals surface area (Å²) in [6.07, 6.45) is 0. The van der Waals surface area contributed by atoms with E-state index in [1.807, 2.05) is 35.9 Å². The molecule has 0 bridgehead atoms. The molecule has 0 radical (unpaired) electrons. The minimum absolute atomic E-state index is 0.526. The first-order chi connectivity index (χ1) is 7.08. The number of aryl methyl sites for hydroxylation is 1. The van der Waals surface area contributed by atoms with Gasteiger partial charge in [-0.3, -0.25) is 0 Å². The van der Waals surface area contributed by atoms with Gasteiger partial charge in [-0.1, -0.05) is 11.6 Å². The van der Waals surface area contributed by atoms with E-state index in [0.717, 1.165) is 20.0 Å². The van der Waals surface area contributed by atoms with Crippen LogP contribution in [0.4, 0.5) is 5.82 Å². The number of benzene rings is 1. The minimum atomic E-state index is 0.526. The van der Waals surface area contributed by atoms with Crippen LogP contribution in [0.5, 0.6) is 0 Å². The first-order valence-corrected chi connectivity index (χ1v) is 5.81. The van der Waals surface area contributed by atoms with Crippen molar-refractivity contribution in [1.29, 1.82) is 0 Å². The molecule has 1 aromatic carbocycles. The molecule has 2 N–H and O–H groups in total. The van der Waals surface area contributed by atoms with E-state index < -0.39 is 0 Å². The van der Waals surface area contributed by atoms with Crippen LogP contribution in [0.25, 0.3) is 5.69 Å². The maximum atomic E-state index is 5.89. The number of hydrogen-bond acceptors (Lipinski definition) is 2. The van der Waals surface area contributed by atoms with E-state index in [1.165, 1.54) is 0 Å². The quantitative estimate of drug-likeness (QED) is 0.815. The first-order valence-electron chi connectivity index (χ1n) is 4.35. The van der Waals surface area contributed by atoms with Gasteiger partial charge in [-0.05, 0) is 47.7 Å². The third-order valence-electron chi connectivity index (χ3n) is 2.04. The standard InChI is InChI=1S/C10H9ClIN3/c1-6-4-10(13)14-15(6)9-3-2-7(11)5-8(9)12/h2-5H,1H3,(H2,13,14). The second-order valence-corrected chi connectivity index (χ2v) is 4.82. The van der Waals surface area contributed by atoms with Crippen LogP contribution in [0.1, 0.15) is 5.69 Å². The lowest BCUT2D eigenvalue weighted by molar-refractivity contribution is 0.847. The van der Waals surface area contributed by atoms with Gasteiger partial charge in [-0.25, -0.2) is 4.68 Å². The van der Waals surface area contributed by atoms with Gasteiger partial charge < -0.3 is 5.73 Å². The van der Waals surface area contributed by atoms with Crippen molar-refractivity contribution >= 4 is 40.0 Å². The normalized spacial score (nSPS) is 10.6. The summed E-state index contributed by atoms with van der Waals surface area (Å²) in [4.78, 5) is 0. The van der Waals surface area contributed by atoms with E-state index in [9.17, 15) is 0 Å². The molecule has 1 heterocycles. The average molecular weight is 334 g/mol. The average Bonchev–Trinajstić information content (AvgIpc) is 2.45. The Morgan fingerprint density at radius 3 is 2.67 bits per heavy atom. The van der Waals surface area contributed by atoms with Gasteiger partial charge in [0.2, 0.25) is 0 Å². The van der Waals surface area contributed by atoms with Crippen LogP contribution in [-0.4, -0.2) is 9.78 Å². The van der Waals surface area contributed by atoms with Crippen LogP contribution >= 0.6 is 34.2 Å². The van der Waals surface area contributed by atoms with Crippen molar-refractivity contribution in [3.8, 4) is 5.69 Å². The third-order valence-corrected chi connectivity index (χ3v) is 3.14. The summed E-state index contributed by atoms with van der Waals surface area (Å²) in [6, 6.07) is 7.51. The molecular weight excluding hydrogens is 324 g/mol. The Morgan fingerprint density at radius 2 is 2.13 bits per heavy atom. The molecule has 3 nitrogen and oxygen atoms in total. The summed E-state index contributed by atoms with van der Waals surface area (Å²) in [7, 11) is 0. The van der Waals surface area contributed by atoms with Crippen LogP contribution in [-0.2, 0) is 0 Å². The zero-order chi connectivity index (χ0) is 11.0. The van der Waals surface area contributed by atoms with Crippen molar-refractivity contribution in [1.82, 2.24) is 9.78 Å². The number of nitrogens with zero attached hydrogens (tertiary/aromatic N) is 2. The van der Waals surface area contributed by atoms with E-state index in [-0.39, 0.29) is 0 Å². The fourth-order valence-corrected chi connectivity index (χ4v) is 2.50. The molecule has 0 saturated heterocycles. The Morgan fingerprint density at radius 1 is 1.40 bits per heavy atom. The van der Waals surface area contributed by atoms with Crippen molar-refractivity contribution in [2.24, 2.45) is 0 Å². The molecule has 0 saturated carbocycles. The predicted octanol–water partition coefficient (Wildman–Crippen LogP) is 3.02. The molecule has 2 rings (SSSR count). The fourth-order valence-electron chi connectivity index (χ4n) is 1.40. The lowest BCUT2D eigenvalue weighted by Gasteiger charge is -2.06. The van der Waals surface area contributed by atoms with E-state index in [4.69, 9.17) is 17.3 Å². The lowest BCUT2D eigenvalue weighted by Crippen LogP contribution is -2.01. The van der Waals surface area contributed by atoms with Gasteiger partial charge in [0, 0.05) is 20.4 Å².